The van der Waals surface area contributed by atoms with Crippen molar-refractivity contribution in [1.29, 1.82) is 5.26 Å². The van der Waals surface area contributed by atoms with Crippen molar-refractivity contribution in [1.82, 2.24) is 16.0 Å². The normalized spacial score (nSPS) is 17.1. The van der Waals surface area contributed by atoms with Gasteiger partial charge in [-0.25, -0.2) is 0 Å². The minimum Gasteiger partial charge on any atom is -0.496 e. The maximum Gasteiger partial charge on any atom is 0.287 e. The van der Waals surface area contributed by atoms with Crippen molar-refractivity contribution in [3.8, 4) is 11.8 Å². The number of amides is 3. The number of carbonyl (C=O) groups excluding carboxylic acids is 3. The molecule has 1 aliphatic rings. The van der Waals surface area contributed by atoms with Crippen LogP contribution < -0.4 is 20.7 Å². The lowest BCUT2D eigenvalue weighted by Crippen LogP contribution is -2.44. The van der Waals surface area contributed by atoms with Gasteiger partial charge in [0.1, 0.15) is 17.4 Å². The molecule has 1 fully saturated rings. The molecule has 0 bridgehead atoms. The molecule has 3 N–H and O–H groups in total. The lowest BCUT2D eigenvalue weighted by atomic mass is 9.92. The number of carbonyl (C=O) groups is 3. The SMILES string of the molecule is COc1cccc2oc(C(=O)NCC(=O)N[C@H](C#N)C[C@@H]3CCCNC3=O)cc12. The van der Waals surface area contributed by atoms with Gasteiger partial charge in [0.05, 0.1) is 25.1 Å². The zero-order valence-corrected chi connectivity index (χ0v) is 16.0. The average Bonchev–Trinajstić information content (AvgIpc) is 3.17. The number of rotatable bonds is 7. The Kier molecular flexibility index (Phi) is 6.34. The summed E-state index contributed by atoms with van der Waals surface area (Å²) in [6, 6.07) is 7.94. The van der Waals surface area contributed by atoms with Crippen molar-refractivity contribution in [3.05, 3.63) is 30.0 Å². The minimum absolute atomic E-state index is 0.0491. The van der Waals surface area contributed by atoms with E-state index in [-0.39, 0.29) is 30.6 Å². The molecule has 2 heterocycles. The van der Waals surface area contributed by atoms with Crippen molar-refractivity contribution in [2.75, 3.05) is 20.2 Å². The average molecular weight is 398 g/mol. The third-order valence-electron chi connectivity index (χ3n) is 4.79. The van der Waals surface area contributed by atoms with E-state index < -0.39 is 17.9 Å². The smallest absolute Gasteiger partial charge is 0.287 e. The Hall–Kier alpha value is -3.54. The molecule has 9 heteroatoms. The van der Waals surface area contributed by atoms with Crippen molar-refractivity contribution >= 4 is 28.7 Å². The molecule has 3 rings (SSSR count). The number of hydrogen-bond acceptors (Lipinski definition) is 6. The van der Waals surface area contributed by atoms with E-state index in [9.17, 15) is 19.6 Å². The summed E-state index contributed by atoms with van der Waals surface area (Å²) in [5.41, 5.74) is 0.495. The molecular formula is C20H22N4O5. The monoisotopic (exact) mass is 398 g/mol. The van der Waals surface area contributed by atoms with Crippen LogP contribution in [-0.4, -0.2) is 44.0 Å². The van der Waals surface area contributed by atoms with Crippen LogP contribution >= 0.6 is 0 Å². The fraction of sp³-hybridized carbons (Fsp3) is 0.400. The number of benzene rings is 1. The second-order valence-electron chi connectivity index (χ2n) is 6.78. The maximum atomic E-state index is 12.3. The largest absolute Gasteiger partial charge is 0.496 e. The molecule has 0 unspecified atom stereocenters. The predicted octanol–water partition coefficient (Wildman–Crippen LogP) is 1.10. The van der Waals surface area contributed by atoms with Crippen LogP contribution in [0, 0.1) is 17.2 Å². The molecule has 0 aliphatic carbocycles. The second-order valence-corrected chi connectivity index (χ2v) is 6.78. The Morgan fingerprint density at radius 1 is 1.45 bits per heavy atom. The lowest BCUT2D eigenvalue weighted by molar-refractivity contribution is -0.127. The maximum absolute atomic E-state index is 12.3. The van der Waals surface area contributed by atoms with Crippen LogP contribution in [0.1, 0.15) is 29.8 Å². The van der Waals surface area contributed by atoms with E-state index >= 15 is 0 Å². The van der Waals surface area contributed by atoms with E-state index in [4.69, 9.17) is 9.15 Å². The van der Waals surface area contributed by atoms with Crippen LogP contribution in [0.3, 0.4) is 0 Å². The van der Waals surface area contributed by atoms with Gasteiger partial charge in [-0.3, -0.25) is 14.4 Å². The van der Waals surface area contributed by atoms with Gasteiger partial charge in [0.15, 0.2) is 5.76 Å². The van der Waals surface area contributed by atoms with Gasteiger partial charge < -0.3 is 25.1 Å². The number of nitrogens with zero attached hydrogens (tertiary/aromatic N) is 1. The van der Waals surface area contributed by atoms with Crippen LogP contribution in [0.5, 0.6) is 5.75 Å². The number of ether oxygens (including phenoxy) is 1. The summed E-state index contributed by atoms with van der Waals surface area (Å²) in [6.45, 7) is 0.320. The standard InChI is InChI=1S/C20H22N4O5/c1-28-15-5-2-6-16-14(15)9-17(29-16)20(27)23-11-18(25)24-13(10-21)8-12-4-3-7-22-19(12)26/h2,5-6,9,12-13H,3-4,7-8,11H2,1H3,(H,22,26)(H,23,27)(H,24,25)/t12-,13-/m0/s1. The summed E-state index contributed by atoms with van der Waals surface area (Å²) in [7, 11) is 1.52. The van der Waals surface area contributed by atoms with E-state index in [1.807, 2.05) is 6.07 Å². The summed E-state index contributed by atoms with van der Waals surface area (Å²) in [4.78, 5) is 36.2. The number of piperidine rings is 1. The van der Waals surface area contributed by atoms with Gasteiger partial charge in [0, 0.05) is 18.5 Å². The molecule has 2 atom stereocenters. The van der Waals surface area contributed by atoms with E-state index in [1.165, 1.54) is 7.11 Å². The lowest BCUT2D eigenvalue weighted by Gasteiger charge is -2.23. The summed E-state index contributed by atoms with van der Waals surface area (Å²) in [6.07, 6.45) is 1.78. The molecular weight excluding hydrogens is 376 g/mol. The van der Waals surface area contributed by atoms with Gasteiger partial charge in [-0.2, -0.15) is 5.26 Å². The highest BCUT2D eigenvalue weighted by Gasteiger charge is 2.26. The molecule has 1 aromatic heterocycles. The van der Waals surface area contributed by atoms with Gasteiger partial charge in [0.2, 0.25) is 11.8 Å². The van der Waals surface area contributed by atoms with Crippen LogP contribution in [0.2, 0.25) is 0 Å². The summed E-state index contributed by atoms with van der Waals surface area (Å²) in [5.74, 6) is -0.846. The molecule has 1 aromatic carbocycles. The highest BCUT2D eigenvalue weighted by molar-refractivity contribution is 5.99. The predicted molar refractivity (Wildman–Crippen MR) is 103 cm³/mol. The summed E-state index contributed by atoms with van der Waals surface area (Å²) in [5, 5.41) is 17.7. The fourth-order valence-corrected chi connectivity index (χ4v) is 3.31. The van der Waals surface area contributed by atoms with Gasteiger partial charge in [-0.1, -0.05) is 6.07 Å². The van der Waals surface area contributed by atoms with E-state index in [0.29, 0.717) is 29.7 Å². The first-order valence-corrected chi connectivity index (χ1v) is 9.33. The third kappa shape index (κ3) is 4.85. The topological polar surface area (TPSA) is 133 Å². The Labute approximate surface area is 167 Å². The summed E-state index contributed by atoms with van der Waals surface area (Å²) >= 11 is 0. The third-order valence-corrected chi connectivity index (χ3v) is 4.79. The van der Waals surface area contributed by atoms with Crippen LogP contribution in [0.15, 0.2) is 28.7 Å². The molecule has 0 radical (unpaired) electrons. The molecule has 29 heavy (non-hydrogen) atoms. The first-order chi connectivity index (χ1) is 14.0. The molecule has 1 saturated heterocycles. The van der Waals surface area contributed by atoms with Crippen molar-refractivity contribution < 1.29 is 23.5 Å². The van der Waals surface area contributed by atoms with Crippen molar-refractivity contribution in [2.24, 2.45) is 5.92 Å². The Morgan fingerprint density at radius 3 is 3.00 bits per heavy atom. The van der Waals surface area contributed by atoms with E-state index in [1.54, 1.807) is 24.3 Å². The molecule has 9 nitrogen and oxygen atoms in total. The highest BCUT2D eigenvalue weighted by Crippen LogP contribution is 2.28. The molecule has 2 aromatic rings. The highest BCUT2D eigenvalue weighted by atomic mass is 16.5. The zero-order valence-electron chi connectivity index (χ0n) is 16.0. The molecule has 152 valence electrons. The quantitative estimate of drug-likeness (QED) is 0.639. The number of fused-ring (bicyclic) bond motifs is 1. The summed E-state index contributed by atoms with van der Waals surface area (Å²) < 4.78 is 10.7. The van der Waals surface area contributed by atoms with Gasteiger partial charge in [0.25, 0.3) is 5.91 Å². The number of nitrogens with one attached hydrogen (secondary N) is 3. The number of methoxy groups -OCH3 is 1. The van der Waals surface area contributed by atoms with Crippen molar-refractivity contribution in [3.63, 3.8) is 0 Å². The molecule has 3 amide bonds. The van der Waals surface area contributed by atoms with Gasteiger partial charge in [-0.05, 0) is 31.4 Å². The first kappa shape index (κ1) is 20.2. The number of hydrogen-bond donors (Lipinski definition) is 3. The molecule has 0 spiro atoms. The van der Waals surface area contributed by atoms with Crippen LogP contribution in [0.4, 0.5) is 0 Å². The van der Waals surface area contributed by atoms with Gasteiger partial charge >= 0.3 is 0 Å². The Balaban J connectivity index is 1.53. The Morgan fingerprint density at radius 2 is 2.28 bits per heavy atom. The fourth-order valence-electron chi connectivity index (χ4n) is 3.31. The van der Waals surface area contributed by atoms with Crippen molar-refractivity contribution in [2.45, 2.75) is 25.3 Å². The first-order valence-electron chi connectivity index (χ1n) is 9.33. The second kappa shape index (κ2) is 9.10. The van der Waals surface area contributed by atoms with E-state index in [0.717, 1.165) is 6.42 Å². The molecule has 1 aliphatic heterocycles. The molecule has 0 saturated carbocycles. The van der Waals surface area contributed by atoms with Crippen LogP contribution in [0.25, 0.3) is 11.0 Å². The van der Waals surface area contributed by atoms with Crippen LogP contribution in [-0.2, 0) is 9.59 Å². The van der Waals surface area contributed by atoms with E-state index in [2.05, 4.69) is 16.0 Å². The number of furan rings is 1. The zero-order chi connectivity index (χ0) is 20.8. The number of nitriles is 1. The van der Waals surface area contributed by atoms with Gasteiger partial charge in [-0.15, -0.1) is 0 Å². The minimum atomic E-state index is -0.802. The Bertz CT molecular complexity index is 961.